The van der Waals surface area contributed by atoms with Crippen molar-refractivity contribution in [1.29, 1.82) is 0 Å². The van der Waals surface area contributed by atoms with Gasteiger partial charge >= 0.3 is 0 Å². The monoisotopic (exact) mass is 411 g/mol. The van der Waals surface area contributed by atoms with Crippen molar-refractivity contribution in [1.82, 2.24) is 0 Å². The number of non-ortho nitro benzene ring substituents is 1. The summed E-state index contributed by atoms with van der Waals surface area (Å²) in [6.45, 7) is 0.317. The zero-order valence-electron chi connectivity index (χ0n) is 15.5. The Morgan fingerprint density at radius 2 is 1.90 bits per heavy atom. The van der Waals surface area contributed by atoms with Crippen molar-refractivity contribution in [2.45, 2.75) is 6.61 Å². The van der Waals surface area contributed by atoms with E-state index in [0.717, 1.165) is 5.56 Å². The number of halogens is 1. The van der Waals surface area contributed by atoms with Crippen LogP contribution in [0.3, 0.4) is 0 Å². The Hall–Kier alpha value is -3.58. The second-order valence-electron chi connectivity index (χ2n) is 5.97. The van der Waals surface area contributed by atoms with Gasteiger partial charge in [-0.05, 0) is 42.0 Å². The third-order valence-electron chi connectivity index (χ3n) is 3.98. The van der Waals surface area contributed by atoms with Crippen molar-refractivity contribution in [2.75, 3.05) is 12.5 Å². The van der Waals surface area contributed by atoms with Crippen LogP contribution in [0.1, 0.15) is 11.1 Å². The fourth-order valence-electron chi connectivity index (χ4n) is 2.57. The lowest BCUT2D eigenvalue weighted by atomic mass is 10.2. The number of para-hydroxylation sites is 1. The van der Waals surface area contributed by atoms with E-state index in [1.165, 1.54) is 12.1 Å². The molecule has 0 aliphatic carbocycles. The molecule has 0 heterocycles. The van der Waals surface area contributed by atoms with Gasteiger partial charge in [-0.3, -0.25) is 15.5 Å². The maximum absolute atomic E-state index is 10.7. The highest BCUT2D eigenvalue weighted by molar-refractivity contribution is 6.30. The van der Waals surface area contributed by atoms with E-state index in [-0.39, 0.29) is 5.69 Å². The van der Waals surface area contributed by atoms with E-state index >= 15 is 0 Å². The number of methoxy groups -OCH3 is 1. The molecule has 0 radical (unpaired) electrons. The molecular weight excluding hydrogens is 394 g/mol. The van der Waals surface area contributed by atoms with Crippen LogP contribution in [0.4, 0.5) is 11.4 Å². The van der Waals surface area contributed by atoms with Gasteiger partial charge < -0.3 is 9.47 Å². The molecule has 0 bridgehead atoms. The summed E-state index contributed by atoms with van der Waals surface area (Å²) in [6.07, 6.45) is 1.59. The number of nitro benzene ring substituents is 1. The molecule has 3 rings (SSSR count). The van der Waals surface area contributed by atoms with Crippen LogP contribution in [-0.2, 0) is 6.61 Å². The molecule has 3 aromatic rings. The zero-order valence-corrected chi connectivity index (χ0v) is 16.3. The summed E-state index contributed by atoms with van der Waals surface area (Å²) in [5.41, 5.74) is 5.11. The number of hydrazone groups is 1. The predicted molar refractivity (Wildman–Crippen MR) is 113 cm³/mol. The normalized spacial score (nSPS) is 10.7. The molecule has 0 saturated carbocycles. The number of ether oxygens (including phenoxy) is 2. The molecule has 0 aliphatic rings. The van der Waals surface area contributed by atoms with Gasteiger partial charge in [0.05, 0.1) is 23.9 Å². The average Bonchev–Trinajstić information content (AvgIpc) is 2.73. The second kappa shape index (κ2) is 9.57. The average molecular weight is 412 g/mol. The first-order chi connectivity index (χ1) is 14.1. The fourth-order valence-corrected chi connectivity index (χ4v) is 2.78. The highest BCUT2D eigenvalue weighted by Crippen LogP contribution is 2.31. The van der Waals surface area contributed by atoms with Crippen molar-refractivity contribution < 1.29 is 14.4 Å². The number of hydrogen-bond donors (Lipinski definition) is 1. The molecule has 0 fully saturated rings. The first-order valence-electron chi connectivity index (χ1n) is 8.64. The van der Waals surface area contributed by atoms with Crippen LogP contribution in [-0.4, -0.2) is 18.2 Å². The van der Waals surface area contributed by atoms with Crippen LogP contribution in [0.25, 0.3) is 0 Å². The molecule has 1 N–H and O–H groups in total. The lowest BCUT2D eigenvalue weighted by Crippen LogP contribution is -2.01. The van der Waals surface area contributed by atoms with E-state index in [1.807, 2.05) is 30.3 Å². The largest absolute Gasteiger partial charge is 0.493 e. The van der Waals surface area contributed by atoms with Gasteiger partial charge in [-0.25, -0.2) is 0 Å². The number of nitro groups is 1. The topological polar surface area (TPSA) is 86.0 Å². The lowest BCUT2D eigenvalue weighted by Gasteiger charge is -2.13. The molecule has 0 saturated heterocycles. The first kappa shape index (κ1) is 20.2. The van der Waals surface area contributed by atoms with E-state index < -0.39 is 4.92 Å². The van der Waals surface area contributed by atoms with Crippen molar-refractivity contribution in [2.24, 2.45) is 5.10 Å². The van der Waals surface area contributed by atoms with Gasteiger partial charge in [-0.2, -0.15) is 5.10 Å². The number of nitrogens with one attached hydrogen (secondary N) is 1. The van der Waals surface area contributed by atoms with E-state index in [9.17, 15) is 10.1 Å². The maximum atomic E-state index is 10.7. The van der Waals surface area contributed by atoms with E-state index in [4.69, 9.17) is 21.1 Å². The van der Waals surface area contributed by atoms with Crippen molar-refractivity contribution in [3.05, 3.63) is 93.0 Å². The smallest absolute Gasteiger partial charge is 0.269 e. The Morgan fingerprint density at radius 1 is 1.14 bits per heavy atom. The van der Waals surface area contributed by atoms with Gasteiger partial charge in [0.15, 0.2) is 11.5 Å². The van der Waals surface area contributed by atoms with E-state index in [2.05, 4.69) is 10.5 Å². The van der Waals surface area contributed by atoms with Gasteiger partial charge in [0.2, 0.25) is 0 Å². The summed E-state index contributed by atoms with van der Waals surface area (Å²) in [4.78, 5) is 10.3. The molecule has 3 aromatic carbocycles. The summed E-state index contributed by atoms with van der Waals surface area (Å²) >= 11 is 6.02. The minimum atomic E-state index is -0.452. The molecule has 29 heavy (non-hydrogen) atoms. The number of benzene rings is 3. The van der Waals surface area contributed by atoms with Crippen LogP contribution in [0.15, 0.2) is 71.8 Å². The fraction of sp³-hybridized carbons (Fsp3) is 0.0952. The highest BCUT2D eigenvalue weighted by atomic mass is 35.5. The van der Waals surface area contributed by atoms with Crippen LogP contribution in [0, 0.1) is 10.1 Å². The van der Waals surface area contributed by atoms with Gasteiger partial charge in [0, 0.05) is 22.7 Å². The Bertz CT molecular complexity index is 1020. The van der Waals surface area contributed by atoms with Crippen molar-refractivity contribution in [3.8, 4) is 11.5 Å². The van der Waals surface area contributed by atoms with Crippen LogP contribution < -0.4 is 14.9 Å². The quantitative estimate of drug-likeness (QED) is 0.309. The number of nitrogens with zero attached hydrogens (tertiary/aromatic N) is 2. The molecule has 7 nitrogen and oxygen atoms in total. The Morgan fingerprint density at radius 3 is 2.59 bits per heavy atom. The minimum absolute atomic E-state index is 0.0176. The lowest BCUT2D eigenvalue weighted by molar-refractivity contribution is -0.384. The van der Waals surface area contributed by atoms with Crippen LogP contribution in [0.5, 0.6) is 11.5 Å². The van der Waals surface area contributed by atoms with Crippen LogP contribution in [0.2, 0.25) is 5.02 Å². The van der Waals surface area contributed by atoms with E-state index in [1.54, 1.807) is 37.6 Å². The molecule has 0 amide bonds. The van der Waals surface area contributed by atoms with Gasteiger partial charge in [-0.1, -0.05) is 29.8 Å². The molecule has 0 atom stereocenters. The first-order valence-corrected chi connectivity index (χ1v) is 9.02. The number of anilines is 1. The molecule has 0 aliphatic heterocycles. The number of hydrogen-bond acceptors (Lipinski definition) is 6. The van der Waals surface area contributed by atoms with Gasteiger partial charge in [0.25, 0.3) is 5.69 Å². The summed E-state index contributed by atoms with van der Waals surface area (Å²) < 4.78 is 11.4. The maximum Gasteiger partial charge on any atom is 0.269 e. The zero-order chi connectivity index (χ0) is 20.6. The molecule has 0 aromatic heterocycles. The summed E-state index contributed by atoms with van der Waals surface area (Å²) in [5.74, 6) is 1.12. The Balaban J connectivity index is 1.74. The van der Waals surface area contributed by atoms with Gasteiger partial charge in [-0.15, -0.1) is 0 Å². The van der Waals surface area contributed by atoms with Crippen molar-refractivity contribution in [3.63, 3.8) is 0 Å². The van der Waals surface area contributed by atoms with Gasteiger partial charge in [0.1, 0.15) is 6.61 Å². The summed E-state index contributed by atoms with van der Waals surface area (Å²) in [7, 11) is 1.57. The van der Waals surface area contributed by atoms with Crippen LogP contribution >= 0.6 is 11.6 Å². The molecule has 8 heteroatoms. The Kier molecular flexibility index (Phi) is 6.65. The Labute approximate surface area is 172 Å². The summed E-state index contributed by atoms with van der Waals surface area (Å²) in [6, 6.07) is 18.9. The van der Waals surface area contributed by atoms with Crippen molar-refractivity contribution >= 4 is 29.2 Å². The summed E-state index contributed by atoms with van der Waals surface area (Å²) in [5, 5.41) is 15.5. The molecular formula is C21H18ClN3O4. The third-order valence-corrected chi connectivity index (χ3v) is 4.21. The molecule has 0 unspecified atom stereocenters. The molecule has 0 spiro atoms. The minimum Gasteiger partial charge on any atom is -0.493 e. The third kappa shape index (κ3) is 5.46. The standard InChI is InChI=1S/C21H18ClN3O4/c1-28-20-7-3-5-16(21(20)29-14-15-4-2-6-17(22)12-15)13-23-24-18-8-10-19(11-9-18)25(26)27/h2-13,24H,14H2,1H3. The SMILES string of the molecule is COc1cccc(C=NNc2ccc([N+](=O)[O-])cc2)c1OCc1cccc(Cl)c1. The molecule has 148 valence electrons. The second-order valence-corrected chi connectivity index (χ2v) is 6.41. The van der Waals surface area contributed by atoms with E-state index in [0.29, 0.717) is 34.4 Å². The number of rotatable bonds is 8. The predicted octanol–water partition coefficient (Wildman–Crippen LogP) is 5.28. The highest BCUT2D eigenvalue weighted by Gasteiger charge is 2.10.